The molecular formula is C15H17ClN6O. The largest absolute Gasteiger partial charge is 0.396 e. The van der Waals surface area contributed by atoms with Crippen molar-refractivity contribution in [3.63, 3.8) is 0 Å². The van der Waals surface area contributed by atoms with Gasteiger partial charge < -0.3 is 5.11 Å². The molecule has 120 valence electrons. The van der Waals surface area contributed by atoms with E-state index in [0.29, 0.717) is 28.9 Å². The van der Waals surface area contributed by atoms with Gasteiger partial charge in [0.15, 0.2) is 17.5 Å². The first kappa shape index (κ1) is 15.6. The van der Waals surface area contributed by atoms with Gasteiger partial charge in [-0.05, 0) is 18.1 Å². The lowest BCUT2D eigenvalue weighted by Crippen LogP contribution is -2.06. The molecule has 0 spiro atoms. The van der Waals surface area contributed by atoms with Crippen molar-refractivity contribution in [2.45, 2.75) is 19.8 Å². The second-order valence-corrected chi connectivity index (χ2v) is 5.52. The summed E-state index contributed by atoms with van der Waals surface area (Å²) >= 11 is 6.33. The van der Waals surface area contributed by atoms with Crippen LogP contribution in [-0.2, 0) is 19.9 Å². The molecule has 1 N–H and O–H groups in total. The minimum Gasteiger partial charge on any atom is -0.396 e. The molecule has 0 bridgehead atoms. The summed E-state index contributed by atoms with van der Waals surface area (Å²) in [7, 11) is 1.78. The molecule has 3 aromatic rings. The lowest BCUT2D eigenvalue weighted by Gasteiger charge is -2.07. The van der Waals surface area contributed by atoms with E-state index in [0.717, 1.165) is 17.5 Å². The van der Waals surface area contributed by atoms with Gasteiger partial charge in [0, 0.05) is 24.1 Å². The molecule has 23 heavy (non-hydrogen) atoms. The van der Waals surface area contributed by atoms with Crippen molar-refractivity contribution in [2.75, 3.05) is 6.61 Å². The van der Waals surface area contributed by atoms with Gasteiger partial charge in [0.25, 0.3) is 0 Å². The molecule has 0 saturated carbocycles. The van der Waals surface area contributed by atoms with Crippen LogP contribution in [0.3, 0.4) is 0 Å². The van der Waals surface area contributed by atoms with Gasteiger partial charge >= 0.3 is 0 Å². The van der Waals surface area contributed by atoms with Crippen LogP contribution in [0.4, 0.5) is 0 Å². The molecule has 8 heteroatoms. The van der Waals surface area contributed by atoms with Crippen LogP contribution in [0.2, 0.25) is 5.02 Å². The van der Waals surface area contributed by atoms with Crippen LogP contribution in [0.15, 0.2) is 24.4 Å². The Morgan fingerprint density at radius 3 is 2.74 bits per heavy atom. The number of aliphatic hydroxyl groups excluding tert-OH is 1. The molecule has 0 radical (unpaired) electrons. The zero-order valence-electron chi connectivity index (χ0n) is 12.9. The minimum atomic E-state index is -0.0113. The molecule has 2 aromatic heterocycles. The Morgan fingerprint density at radius 2 is 2.13 bits per heavy atom. The first-order chi connectivity index (χ1) is 11.1. The highest BCUT2D eigenvalue weighted by Crippen LogP contribution is 2.26. The van der Waals surface area contributed by atoms with E-state index < -0.39 is 0 Å². The second-order valence-electron chi connectivity index (χ2n) is 5.11. The molecule has 0 unspecified atom stereocenters. The van der Waals surface area contributed by atoms with Gasteiger partial charge in [-0.1, -0.05) is 35.9 Å². The summed E-state index contributed by atoms with van der Waals surface area (Å²) in [6.45, 7) is 2.05. The van der Waals surface area contributed by atoms with Crippen LogP contribution in [-0.4, -0.2) is 41.5 Å². The number of aliphatic hydroxyl groups is 1. The third kappa shape index (κ3) is 2.97. The van der Waals surface area contributed by atoms with E-state index in [9.17, 15) is 0 Å². The third-order valence-corrected chi connectivity index (χ3v) is 3.94. The molecule has 0 fully saturated rings. The highest BCUT2D eigenvalue weighted by atomic mass is 35.5. The predicted octanol–water partition coefficient (Wildman–Crippen LogP) is 1.81. The molecule has 0 atom stereocenters. The SMILES string of the molecule is CCc1ccc(-c2nc(CCO)nn2-c2cnnn2C)cc1Cl. The van der Waals surface area contributed by atoms with E-state index >= 15 is 0 Å². The van der Waals surface area contributed by atoms with Crippen molar-refractivity contribution in [1.82, 2.24) is 29.8 Å². The molecule has 3 rings (SSSR count). The molecule has 0 amide bonds. The standard InChI is InChI=1S/C15H17ClN6O/c1-3-10-4-5-11(8-12(10)16)15-18-13(6-7-23)19-22(15)14-9-17-20-21(14)2/h4-5,8-9,23H,3,6-7H2,1-2H3. The van der Waals surface area contributed by atoms with Gasteiger partial charge in [0.1, 0.15) is 0 Å². The summed E-state index contributed by atoms with van der Waals surface area (Å²) in [6.07, 6.45) is 2.86. The molecule has 0 aliphatic rings. The van der Waals surface area contributed by atoms with E-state index in [1.54, 1.807) is 22.6 Å². The van der Waals surface area contributed by atoms with Crippen LogP contribution in [0.1, 0.15) is 18.3 Å². The van der Waals surface area contributed by atoms with E-state index in [2.05, 4.69) is 27.3 Å². The Bertz CT molecular complexity index is 825. The Balaban J connectivity index is 2.14. The fraction of sp³-hybridized carbons (Fsp3) is 0.333. The van der Waals surface area contributed by atoms with Crippen LogP contribution in [0, 0.1) is 0 Å². The number of hydrogen-bond acceptors (Lipinski definition) is 5. The Morgan fingerprint density at radius 1 is 1.30 bits per heavy atom. The summed E-state index contributed by atoms with van der Waals surface area (Å²) in [5.41, 5.74) is 1.93. The Kier molecular flexibility index (Phi) is 4.40. The fourth-order valence-electron chi connectivity index (χ4n) is 2.36. The lowest BCUT2D eigenvalue weighted by molar-refractivity contribution is 0.296. The van der Waals surface area contributed by atoms with Crippen molar-refractivity contribution in [3.05, 3.63) is 40.8 Å². The van der Waals surface area contributed by atoms with Gasteiger partial charge in [-0.2, -0.15) is 4.68 Å². The number of nitrogens with zero attached hydrogens (tertiary/aromatic N) is 6. The van der Waals surface area contributed by atoms with Gasteiger partial charge in [-0.25, -0.2) is 9.67 Å². The maximum Gasteiger partial charge on any atom is 0.174 e. The maximum absolute atomic E-state index is 9.15. The molecule has 0 saturated heterocycles. The van der Waals surface area contributed by atoms with Crippen molar-refractivity contribution in [3.8, 4) is 17.2 Å². The van der Waals surface area contributed by atoms with Crippen molar-refractivity contribution >= 4 is 11.6 Å². The smallest absolute Gasteiger partial charge is 0.174 e. The number of aromatic nitrogens is 6. The van der Waals surface area contributed by atoms with Crippen LogP contribution < -0.4 is 0 Å². The molecule has 0 aliphatic heterocycles. The number of benzene rings is 1. The second kappa shape index (κ2) is 6.47. The molecule has 2 heterocycles. The number of halogens is 1. The van der Waals surface area contributed by atoms with Crippen molar-refractivity contribution in [1.29, 1.82) is 0 Å². The van der Waals surface area contributed by atoms with E-state index in [1.165, 1.54) is 0 Å². The van der Waals surface area contributed by atoms with Crippen LogP contribution in [0.5, 0.6) is 0 Å². The van der Waals surface area contributed by atoms with Crippen LogP contribution >= 0.6 is 11.6 Å². The van der Waals surface area contributed by atoms with E-state index in [4.69, 9.17) is 16.7 Å². The zero-order valence-corrected chi connectivity index (χ0v) is 13.7. The summed E-state index contributed by atoms with van der Waals surface area (Å²) < 4.78 is 3.28. The zero-order chi connectivity index (χ0) is 16.4. The van der Waals surface area contributed by atoms with Crippen LogP contribution in [0.25, 0.3) is 17.2 Å². The highest BCUT2D eigenvalue weighted by Gasteiger charge is 2.17. The Hall–Kier alpha value is -2.25. The predicted molar refractivity (Wildman–Crippen MR) is 86.5 cm³/mol. The van der Waals surface area contributed by atoms with Gasteiger partial charge in [-0.3, -0.25) is 0 Å². The summed E-state index contributed by atoms with van der Waals surface area (Å²) in [6, 6.07) is 5.84. The molecular weight excluding hydrogens is 316 g/mol. The average molecular weight is 333 g/mol. The summed E-state index contributed by atoms with van der Waals surface area (Å²) in [5, 5.41) is 22.1. The third-order valence-electron chi connectivity index (χ3n) is 3.59. The Labute approximate surface area is 138 Å². The summed E-state index contributed by atoms with van der Waals surface area (Å²) in [4.78, 5) is 4.53. The fourth-order valence-corrected chi connectivity index (χ4v) is 2.67. The number of hydrogen-bond donors (Lipinski definition) is 1. The molecule has 1 aromatic carbocycles. The minimum absolute atomic E-state index is 0.0113. The molecule has 7 nitrogen and oxygen atoms in total. The first-order valence-electron chi connectivity index (χ1n) is 7.34. The van der Waals surface area contributed by atoms with E-state index in [1.807, 2.05) is 18.2 Å². The number of aryl methyl sites for hydroxylation is 2. The van der Waals surface area contributed by atoms with Gasteiger partial charge in [-0.15, -0.1) is 10.2 Å². The average Bonchev–Trinajstić information content (AvgIpc) is 3.13. The number of rotatable bonds is 5. The molecule has 0 aliphatic carbocycles. The van der Waals surface area contributed by atoms with Crippen molar-refractivity contribution in [2.24, 2.45) is 7.05 Å². The van der Waals surface area contributed by atoms with E-state index in [-0.39, 0.29) is 6.61 Å². The first-order valence-corrected chi connectivity index (χ1v) is 7.72. The lowest BCUT2D eigenvalue weighted by atomic mass is 10.1. The highest BCUT2D eigenvalue weighted by molar-refractivity contribution is 6.31. The topological polar surface area (TPSA) is 81.7 Å². The normalized spacial score (nSPS) is 11.1. The quantitative estimate of drug-likeness (QED) is 0.770. The van der Waals surface area contributed by atoms with Crippen molar-refractivity contribution < 1.29 is 5.11 Å². The van der Waals surface area contributed by atoms with Gasteiger partial charge in [0.2, 0.25) is 0 Å². The summed E-state index contributed by atoms with van der Waals surface area (Å²) in [5.74, 6) is 1.88. The van der Waals surface area contributed by atoms with Gasteiger partial charge in [0.05, 0.1) is 12.8 Å². The maximum atomic E-state index is 9.15. The monoisotopic (exact) mass is 332 g/mol.